The summed E-state index contributed by atoms with van der Waals surface area (Å²) in [6.07, 6.45) is 3.27. The van der Waals surface area contributed by atoms with Gasteiger partial charge in [0.2, 0.25) is 0 Å². The summed E-state index contributed by atoms with van der Waals surface area (Å²) >= 11 is 5.68. The van der Waals surface area contributed by atoms with E-state index in [9.17, 15) is 9.59 Å². The van der Waals surface area contributed by atoms with Gasteiger partial charge in [0.25, 0.3) is 5.56 Å². The minimum Gasteiger partial charge on any atom is -0.381 e. The molecule has 2 heterocycles. The quantitative estimate of drug-likeness (QED) is 0.829. The number of nitrogens with one attached hydrogen (secondary N) is 1. The lowest BCUT2D eigenvalue weighted by atomic mass is 10.0. The van der Waals surface area contributed by atoms with E-state index >= 15 is 0 Å². The molecule has 0 aromatic carbocycles. The Kier molecular flexibility index (Phi) is 3.46. The molecule has 1 aliphatic rings. The van der Waals surface area contributed by atoms with Gasteiger partial charge in [0.05, 0.1) is 0 Å². The number of hydrogen-bond acceptors (Lipinski definition) is 3. The van der Waals surface area contributed by atoms with Crippen LogP contribution in [0.1, 0.15) is 12.8 Å². The molecule has 1 aromatic heterocycles. The summed E-state index contributed by atoms with van der Waals surface area (Å²) in [5, 5.41) is 0.0478. The molecular formula is C10H13ClN2O3. The Morgan fingerprint density at radius 2 is 2.12 bits per heavy atom. The van der Waals surface area contributed by atoms with Crippen molar-refractivity contribution < 1.29 is 4.74 Å². The Bertz CT molecular complexity index is 474. The first-order valence-electron chi connectivity index (χ1n) is 5.24. The van der Waals surface area contributed by atoms with Crippen LogP contribution in [0.3, 0.4) is 0 Å². The van der Waals surface area contributed by atoms with Crippen molar-refractivity contribution in [3.05, 3.63) is 32.1 Å². The van der Waals surface area contributed by atoms with Gasteiger partial charge in [-0.05, 0) is 18.8 Å². The van der Waals surface area contributed by atoms with Crippen molar-refractivity contribution in [1.29, 1.82) is 0 Å². The molecule has 0 radical (unpaired) electrons. The zero-order valence-electron chi connectivity index (χ0n) is 8.74. The fraction of sp³-hybridized carbons (Fsp3) is 0.600. The smallest absolute Gasteiger partial charge is 0.328 e. The summed E-state index contributed by atoms with van der Waals surface area (Å²) < 4.78 is 6.70. The predicted octanol–water partition coefficient (Wildman–Crippen LogP) is 0.617. The maximum atomic E-state index is 11.5. The summed E-state index contributed by atoms with van der Waals surface area (Å²) in [5.41, 5.74) is -0.934. The van der Waals surface area contributed by atoms with Crippen LogP contribution in [-0.2, 0) is 11.3 Å². The SMILES string of the molecule is O=c1[nH]c(=O)n(CC2CCOCC2)cc1Cl. The molecule has 0 bridgehead atoms. The Morgan fingerprint density at radius 1 is 1.44 bits per heavy atom. The third-order valence-electron chi connectivity index (χ3n) is 2.76. The third-order valence-corrected chi connectivity index (χ3v) is 3.03. The number of H-pyrrole nitrogens is 1. The summed E-state index contributed by atoms with van der Waals surface area (Å²) in [6, 6.07) is 0. The van der Waals surface area contributed by atoms with Crippen molar-refractivity contribution in [3.8, 4) is 0 Å². The van der Waals surface area contributed by atoms with E-state index in [-0.39, 0.29) is 5.02 Å². The van der Waals surface area contributed by atoms with E-state index in [4.69, 9.17) is 16.3 Å². The maximum Gasteiger partial charge on any atom is 0.328 e. The van der Waals surface area contributed by atoms with Gasteiger partial charge in [-0.1, -0.05) is 11.6 Å². The molecule has 0 amide bonds. The highest BCUT2D eigenvalue weighted by molar-refractivity contribution is 6.30. The predicted molar refractivity (Wildman–Crippen MR) is 59.9 cm³/mol. The monoisotopic (exact) mass is 244 g/mol. The Hall–Kier alpha value is -1.07. The fourth-order valence-electron chi connectivity index (χ4n) is 1.83. The van der Waals surface area contributed by atoms with Crippen molar-refractivity contribution in [3.63, 3.8) is 0 Å². The standard InChI is InChI=1S/C10H13ClN2O3/c11-8-6-13(10(15)12-9(8)14)5-7-1-3-16-4-2-7/h6-7H,1-5H2,(H,12,14,15). The van der Waals surface area contributed by atoms with Gasteiger partial charge >= 0.3 is 5.69 Å². The average Bonchev–Trinajstić information content (AvgIpc) is 2.27. The molecule has 1 saturated heterocycles. The second-order valence-electron chi connectivity index (χ2n) is 3.94. The molecular weight excluding hydrogens is 232 g/mol. The van der Waals surface area contributed by atoms with Crippen LogP contribution in [0.15, 0.2) is 15.8 Å². The highest BCUT2D eigenvalue weighted by atomic mass is 35.5. The van der Waals surface area contributed by atoms with Crippen molar-refractivity contribution in [1.82, 2.24) is 9.55 Å². The molecule has 1 fully saturated rings. The molecule has 0 aliphatic carbocycles. The van der Waals surface area contributed by atoms with Gasteiger partial charge in [-0.2, -0.15) is 0 Å². The van der Waals surface area contributed by atoms with Gasteiger partial charge in [-0.3, -0.25) is 14.3 Å². The van der Waals surface area contributed by atoms with E-state index in [1.54, 1.807) is 0 Å². The maximum absolute atomic E-state index is 11.5. The van der Waals surface area contributed by atoms with Crippen LogP contribution in [0.5, 0.6) is 0 Å². The van der Waals surface area contributed by atoms with Crippen molar-refractivity contribution >= 4 is 11.6 Å². The summed E-state index contributed by atoms with van der Waals surface area (Å²) in [7, 11) is 0. The number of halogens is 1. The van der Waals surface area contributed by atoms with E-state index in [1.807, 2.05) is 0 Å². The fourth-order valence-corrected chi connectivity index (χ4v) is 1.99. The molecule has 0 atom stereocenters. The minimum absolute atomic E-state index is 0.0478. The first-order chi connectivity index (χ1) is 7.66. The van der Waals surface area contributed by atoms with Crippen molar-refractivity contribution in [2.24, 2.45) is 5.92 Å². The van der Waals surface area contributed by atoms with Crippen LogP contribution in [0.2, 0.25) is 5.02 Å². The molecule has 2 rings (SSSR count). The number of nitrogens with zero attached hydrogens (tertiary/aromatic N) is 1. The number of ether oxygens (including phenoxy) is 1. The summed E-state index contributed by atoms with van der Waals surface area (Å²) in [4.78, 5) is 24.7. The van der Waals surface area contributed by atoms with Crippen LogP contribution in [-0.4, -0.2) is 22.8 Å². The molecule has 1 aliphatic heterocycles. The zero-order valence-corrected chi connectivity index (χ0v) is 9.50. The normalized spacial score (nSPS) is 17.6. The second kappa shape index (κ2) is 4.84. The number of rotatable bonds is 2. The van der Waals surface area contributed by atoms with Crippen molar-refractivity contribution in [2.75, 3.05) is 13.2 Å². The lowest BCUT2D eigenvalue weighted by molar-refractivity contribution is 0.0608. The molecule has 1 aromatic rings. The molecule has 0 saturated carbocycles. The molecule has 1 N–H and O–H groups in total. The van der Waals surface area contributed by atoms with Crippen LogP contribution in [0, 0.1) is 5.92 Å². The first kappa shape index (κ1) is 11.4. The number of aromatic nitrogens is 2. The minimum atomic E-state index is -0.533. The largest absolute Gasteiger partial charge is 0.381 e. The molecule has 5 nitrogen and oxygen atoms in total. The third kappa shape index (κ3) is 2.54. The van der Waals surface area contributed by atoms with Gasteiger partial charge in [0.15, 0.2) is 0 Å². The molecule has 6 heteroatoms. The Labute approximate surface area is 97.0 Å². The highest BCUT2D eigenvalue weighted by Gasteiger charge is 2.15. The van der Waals surface area contributed by atoms with Gasteiger partial charge in [-0.15, -0.1) is 0 Å². The number of hydrogen-bond donors (Lipinski definition) is 1. The molecule has 16 heavy (non-hydrogen) atoms. The second-order valence-corrected chi connectivity index (χ2v) is 4.35. The van der Waals surface area contributed by atoms with E-state index in [0.29, 0.717) is 12.5 Å². The van der Waals surface area contributed by atoms with E-state index in [0.717, 1.165) is 26.1 Å². The van der Waals surface area contributed by atoms with Gasteiger partial charge in [0, 0.05) is 26.0 Å². The topological polar surface area (TPSA) is 64.1 Å². The molecule has 0 unspecified atom stereocenters. The van der Waals surface area contributed by atoms with Crippen molar-refractivity contribution in [2.45, 2.75) is 19.4 Å². The zero-order chi connectivity index (χ0) is 11.5. The van der Waals surface area contributed by atoms with Crippen LogP contribution < -0.4 is 11.2 Å². The van der Waals surface area contributed by atoms with E-state index in [1.165, 1.54) is 10.8 Å². The van der Waals surface area contributed by atoms with Crippen LogP contribution >= 0.6 is 11.6 Å². The van der Waals surface area contributed by atoms with Crippen LogP contribution in [0.4, 0.5) is 0 Å². The highest BCUT2D eigenvalue weighted by Crippen LogP contribution is 2.16. The Morgan fingerprint density at radius 3 is 2.81 bits per heavy atom. The molecule has 88 valence electrons. The lowest BCUT2D eigenvalue weighted by Gasteiger charge is -2.22. The van der Waals surface area contributed by atoms with Gasteiger partial charge in [0.1, 0.15) is 5.02 Å². The first-order valence-corrected chi connectivity index (χ1v) is 5.61. The van der Waals surface area contributed by atoms with E-state index in [2.05, 4.69) is 4.98 Å². The van der Waals surface area contributed by atoms with Crippen LogP contribution in [0.25, 0.3) is 0 Å². The molecule has 0 spiro atoms. The average molecular weight is 245 g/mol. The Balaban J connectivity index is 2.17. The number of aromatic amines is 1. The summed E-state index contributed by atoms with van der Waals surface area (Å²) in [5.74, 6) is 0.411. The summed E-state index contributed by atoms with van der Waals surface area (Å²) in [6.45, 7) is 2.05. The van der Waals surface area contributed by atoms with E-state index < -0.39 is 11.2 Å². The van der Waals surface area contributed by atoms with Gasteiger partial charge < -0.3 is 4.74 Å². The van der Waals surface area contributed by atoms with Gasteiger partial charge in [-0.25, -0.2) is 4.79 Å². The lowest BCUT2D eigenvalue weighted by Crippen LogP contribution is -2.32.